The Labute approximate surface area is 222 Å². The molecule has 4 rings (SSSR count). The minimum Gasteiger partial charge on any atom is -0.485 e. The summed E-state index contributed by atoms with van der Waals surface area (Å²) in [6.45, 7) is 9.90. The molecule has 2 aromatic heterocycles. The third-order valence-corrected chi connectivity index (χ3v) is 7.02. The van der Waals surface area contributed by atoms with E-state index in [1.165, 1.54) is 24.3 Å². The number of carbonyl (C=O) groups excluding carboxylic acids is 1. The number of ether oxygens (including phenoxy) is 1. The summed E-state index contributed by atoms with van der Waals surface area (Å²) in [4.78, 5) is 20.9. The summed E-state index contributed by atoms with van der Waals surface area (Å²) in [6.07, 6.45) is 0. The molecule has 0 atom stereocenters. The monoisotopic (exact) mass is 534 g/mol. The maximum atomic E-state index is 12.7. The molecule has 2 heterocycles. The van der Waals surface area contributed by atoms with Crippen molar-refractivity contribution in [3.05, 3.63) is 94.7 Å². The highest BCUT2D eigenvalue weighted by Gasteiger charge is 2.18. The molecule has 198 valence electrons. The number of anilines is 2. The zero-order valence-electron chi connectivity index (χ0n) is 21.9. The van der Waals surface area contributed by atoms with E-state index >= 15 is 0 Å². The van der Waals surface area contributed by atoms with E-state index in [4.69, 9.17) is 9.15 Å². The minimum absolute atomic E-state index is 0.000288. The van der Waals surface area contributed by atoms with Crippen LogP contribution < -0.4 is 14.8 Å². The number of rotatable bonds is 9. The Morgan fingerprint density at radius 2 is 1.63 bits per heavy atom. The van der Waals surface area contributed by atoms with Crippen LogP contribution in [0.2, 0.25) is 0 Å². The van der Waals surface area contributed by atoms with Crippen LogP contribution in [0.4, 0.5) is 11.6 Å². The summed E-state index contributed by atoms with van der Waals surface area (Å²) < 4.78 is 39.5. The van der Waals surface area contributed by atoms with Crippen molar-refractivity contribution >= 4 is 27.6 Å². The van der Waals surface area contributed by atoms with Crippen LogP contribution in [-0.4, -0.2) is 24.3 Å². The van der Waals surface area contributed by atoms with Crippen molar-refractivity contribution in [2.24, 2.45) is 0 Å². The van der Waals surface area contributed by atoms with Crippen LogP contribution in [0.3, 0.4) is 0 Å². The first kappa shape index (κ1) is 26.9. The Kier molecular flexibility index (Phi) is 7.82. The molecule has 0 aliphatic carbocycles. The number of benzene rings is 2. The molecule has 0 radical (unpaired) electrons. The number of hydrogen-bond acceptors (Lipinski definition) is 7. The van der Waals surface area contributed by atoms with Crippen molar-refractivity contribution in [3.63, 3.8) is 0 Å². The van der Waals surface area contributed by atoms with Gasteiger partial charge in [-0.25, -0.2) is 23.1 Å². The van der Waals surface area contributed by atoms with E-state index in [0.717, 1.165) is 16.9 Å². The maximum Gasteiger partial charge on any atom is 0.291 e. The fraction of sp³-hybridized carbons (Fsp3) is 0.250. The first-order valence-electron chi connectivity index (χ1n) is 12.1. The number of furan rings is 1. The molecular weight excluding hydrogens is 504 g/mol. The van der Waals surface area contributed by atoms with Crippen molar-refractivity contribution in [2.45, 2.75) is 52.0 Å². The summed E-state index contributed by atoms with van der Waals surface area (Å²) in [5.74, 6) is 1.25. The molecule has 10 heteroatoms. The van der Waals surface area contributed by atoms with Gasteiger partial charge in [0.1, 0.15) is 18.1 Å². The van der Waals surface area contributed by atoms with E-state index in [1.807, 2.05) is 13.0 Å². The fourth-order valence-corrected chi connectivity index (χ4v) is 4.77. The van der Waals surface area contributed by atoms with Crippen LogP contribution in [-0.2, 0) is 16.6 Å². The molecule has 0 aliphatic heterocycles. The van der Waals surface area contributed by atoms with Gasteiger partial charge in [-0.1, -0.05) is 26.0 Å². The molecule has 4 aromatic rings. The van der Waals surface area contributed by atoms with Gasteiger partial charge in [-0.05, 0) is 86.3 Å². The van der Waals surface area contributed by atoms with Crippen LogP contribution >= 0.6 is 0 Å². The number of carbonyl (C=O) groups is 1. The van der Waals surface area contributed by atoms with Crippen molar-refractivity contribution in [2.75, 3.05) is 10.0 Å². The van der Waals surface area contributed by atoms with E-state index < -0.39 is 15.9 Å². The largest absolute Gasteiger partial charge is 0.485 e. The summed E-state index contributed by atoms with van der Waals surface area (Å²) >= 11 is 0. The van der Waals surface area contributed by atoms with Crippen molar-refractivity contribution in [3.8, 4) is 5.75 Å². The first-order chi connectivity index (χ1) is 18.0. The van der Waals surface area contributed by atoms with Crippen LogP contribution in [0.15, 0.2) is 70.0 Å². The molecule has 0 fully saturated rings. The van der Waals surface area contributed by atoms with Gasteiger partial charge in [0, 0.05) is 17.1 Å². The third kappa shape index (κ3) is 6.57. The van der Waals surface area contributed by atoms with E-state index in [-0.39, 0.29) is 23.2 Å². The molecule has 2 N–H and O–H groups in total. The molecule has 0 aliphatic rings. The van der Waals surface area contributed by atoms with Crippen molar-refractivity contribution in [1.82, 2.24) is 9.97 Å². The molecule has 0 saturated heterocycles. The lowest BCUT2D eigenvalue weighted by Crippen LogP contribution is -2.16. The molecule has 38 heavy (non-hydrogen) atoms. The highest BCUT2D eigenvalue weighted by molar-refractivity contribution is 7.92. The van der Waals surface area contributed by atoms with Gasteiger partial charge in [0.2, 0.25) is 5.95 Å². The Bertz CT molecular complexity index is 1540. The zero-order chi connectivity index (χ0) is 27.4. The van der Waals surface area contributed by atoms with Gasteiger partial charge in [0.05, 0.1) is 4.90 Å². The zero-order valence-corrected chi connectivity index (χ0v) is 22.7. The lowest BCUT2D eigenvalue weighted by Gasteiger charge is -2.14. The maximum absolute atomic E-state index is 12.7. The summed E-state index contributed by atoms with van der Waals surface area (Å²) in [5.41, 5.74) is 3.90. The minimum atomic E-state index is -3.90. The Balaban J connectivity index is 1.38. The fourth-order valence-electron chi connectivity index (χ4n) is 3.83. The first-order valence-corrected chi connectivity index (χ1v) is 13.6. The summed E-state index contributed by atoms with van der Waals surface area (Å²) in [5, 5.41) is 2.71. The van der Waals surface area contributed by atoms with Gasteiger partial charge in [-0.3, -0.25) is 4.79 Å². The normalized spacial score (nSPS) is 11.4. The highest BCUT2D eigenvalue weighted by Crippen LogP contribution is 2.28. The Hall–Kier alpha value is -4.18. The van der Waals surface area contributed by atoms with Gasteiger partial charge in [-0.15, -0.1) is 0 Å². The topological polar surface area (TPSA) is 123 Å². The smallest absolute Gasteiger partial charge is 0.291 e. The van der Waals surface area contributed by atoms with Crippen LogP contribution in [0.25, 0.3) is 0 Å². The standard InChI is InChI=1S/C28H30N4O5S/c1-17(2)24-12-6-18(3)14-26(24)36-16-22-9-13-25(37-22)27(33)31-21-7-10-23(11-8-21)38(34,35)32-28-29-19(4)15-20(5)30-28/h6-15,17H,16H2,1-5H3,(H,31,33)(H,29,30,32). The SMILES string of the molecule is Cc1ccc(C(C)C)c(OCc2ccc(C(=O)Nc3ccc(S(=O)(=O)Nc4nc(C)cc(C)n4)cc3)o2)c1. The second kappa shape index (κ2) is 11.1. The van der Waals surface area contributed by atoms with Gasteiger partial charge in [0.25, 0.3) is 15.9 Å². The predicted molar refractivity (Wildman–Crippen MR) is 145 cm³/mol. The summed E-state index contributed by atoms with van der Waals surface area (Å²) in [7, 11) is -3.90. The van der Waals surface area contributed by atoms with Gasteiger partial charge in [0.15, 0.2) is 5.76 Å². The number of nitrogens with zero attached hydrogens (tertiary/aromatic N) is 2. The van der Waals surface area contributed by atoms with E-state index in [0.29, 0.717) is 28.8 Å². The molecule has 0 saturated carbocycles. The average Bonchev–Trinajstić information content (AvgIpc) is 3.31. The Morgan fingerprint density at radius 3 is 2.29 bits per heavy atom. The lowest BCUT2D eigenvalue weighted by molar-refractivity contribution is 0.0992. The number of aromatic nitrogens is 2. The van der Waals surface area contributed by atoms with E-state index in [1.54, 1.807) is 32.0 Å². The number of sulfonamides is 1. The second-order valence-electron chi connectivity index (χ2n) is 9.31. The van der Waals surface area contributed by atoms with Crippen molar-refractivity contribution in [1.29, 1.82) is 0 Å². The van der Waals surface area contributed by atoms with Crippen LogP contribution in [0.1, 0.15) is 58.6 Å². The number of hydrogen-bond donors (Lipinski definition) is 2. The molecule has 2 aromatic carbocycles. The van der Waals surface area contributed by atoms with E-state index in [9.17, 15) is 13.2 Å². The lowest BCUT2D eigenvalue weighted by atomic mass is 10.0. The van der Waals surface area contributed by atoms with Gasteiger partial charge < -0.3 is 14.5 Å². The Morgan fingerprint density at radius 1 is 0.947 bits per heavy atom. The molecular formula is C28H30N4O5S. The molecule has 0 unspecified atom stereocenters. The number of nitrogens with one attached hydrogen (secondary N) is 2. The quantitative estimate of drug-likeness (QED) is 0.280. The summed E-state index contributed by atoms with van der Waals surface area (Å²) in [6, 6.07) is 16.9. The predicted octanol–water partition coefficient (Wildman–Crippen LogP) is 5.75. The van der Waals surface area contributed by atoms with Gasteiger partial charge in [-0.2, -0.15) is 0 Å². The molecule has 9 nitrogen and oxygen atoms in total. The number of amides is 1. The van der Waals surface area contributed by atoms with Crippen LogP contribution in [0, 0.1) is 20.8 Å². The highest BCUT2D eigenvalue weighted by atomic mass is 32.2. The molecule has 1 amide bonds. The number of aryl methyl sites for hydroxylation is 3. The average molecular weight is 535 g/mol. The van der Waals surface area contributed by atoms with Crippen LogP contribution in [0.5, 0.6) is 5.75 Å². The molecule has 0 bridgehead atoms. The second-order valence-corrected chi connectivity index (χ2v) is 11.0. The van der Waals surface area contributed by atoms with Crippen molar-refractivity contribution < 1.29 is 22.4 Å². The molecule has 0 spiro atoms. The van der Waals surface area contributed by atoms with E-state index in [2.05, 4.69) is 46.0 Å². The third-order valence-electron chi connectivity index (χ3n) is 5.68. The van der Waals surface area contributed by atoms with Gasteiger partial charge >= 0.3 is 0 Å².